The van der Waals surface area contributed by atoms with E-state index in [1.807, 2.05) is 13.8 Å². The van der Waals surface area contributed by atoms with Crippen LogP contribution in [0.15, 0.2) is 23.1 Å². The number of benzene rings is 1. The Bertz CT molecular complexity index is 500. The zero-order chi connectivity index (χ0) is 13.2. The van der Waals surface area contributed by atoms with Crippen LogP contribution in [0.1, 0.15) is 13.8 Å². The third kappa shape index (κ3) is 3.17. The second kappa shape index (κ2) is 5.01. The second-order valence-electron chi connectivity index (χ2n) is 4.36. The van der Waals surface area contributed by atoms with Gasteiger partial charge in [0, 0.05) is 13.6 Å². The molecule has 17 heavy (non-hydrogen) atoms. The molecule has 0 radical (unpaired) electrons. The first-order valence-electron chi connectivity index (χ1n) is 5.26. The SMILES string of the molecule is CC(C)CN(C)S(=O)(=O)c1ccc(F)cc1N. The molecule has 0 saturated heterocycles. The molecular formula is C11H17FN2O2S. The minimum Gasteiger partial charge on any atom is -0.398 e. The maximum Gasteiger partial charge on any atom is 0.244 e. The number of nitrogen functional groups attached to an aromatic ring is 1. The maximum atomic E-state index is 12.9. The van der Waals surface area contributed by atoms with Gasteiger partial charge in [0.05, 0.1) is 5.69 Å². The van der Waals surface area contributed by atoms with E-state index in [9.17, 15) is 12.8 Å². The molecular weight excluding hydrogens is 243 g/mol. The standard InChI is InChI=1S/C11H17FN2O2S/c1-8(2)7-14(3)17(15,16)11-5-4-9(12)6-10(11)13/h4-6,8H,7,13H2,1-3H3. The largest absolute Gasteiger partial charge is 0.398 e. The second-order valence-corrected chi connectivity index (χ2v) is 6.37. The molecule has 0 heterocycles. The minimum atomic E-state index is -3.64. The Morgan fingerprint density at radius 1 is 1.41 bits per heavy atom. The number of rotatable bonds is 4. The van der Waals surface area contributed by atoms with Gasteiger partial charge >= 0.3 is 0 Å². The Hall–Kier alpha value is -1.14. The Kier molecular flexibility index (Phi) is 4.11. The average molecular weight is 260 g/mol. The minimum absolute atomic E-state index is 0.0537. The van der Waals surface area contributed by atoms with Gasteiger partial charge in [0.15, 0.2) is 0 Å². The summed E-state index contributed by atoms with van der Waals surface area (Å²) in [7, 11) is -2.16. The van der Waals surface area contributed by atoms with Crippen molar-refractivity contribution in [2.45, 2.75) is 18.7 Å². The van der Waals surface area contributed by atoms with Gasteiger partial charge in [0.2, 0.25) is 10.0 Å². The summed E-state index contributed by atoms with van der Waals surface area (Å²) in [6.07, 6.45) is 0. The summed E-state index contributed by atoms with van der Waals surface area (Å²) in [6.45, 7) is 4.22. The van der Waals surface area contributed by atoms with Crippen molar-refractivity contribution in [3.63, 3.8) is 0 Å². The third-order valence-electron chi connectivity index (χ3n) is 2.28. The molecule has 0 aromatic heterocycles. The van der Waals surface area contributed by atoms with Crippen LogP contribution in [-0.2, 0) is 10.0 Å². The van der Waals surface area contributed by atoms with Crippen LogP contribution in [0.25, 0.3) is 0 Å². The Balaban J connectivity index is 3.13. The molecule has 0 spiro atoms. The summed E-state index contributed by atoms with van der Waals surface area (Å²) in [5.74, 6) is -0.343. The molecule has 1 aromatic rings. The normalized spacial score (nSPS) is 12.4. The fraction of sp³-hybridized carbons (Fsp3) is 0.455. The number of nitrogens with zero attached hydrogens (tertiary/aromatic N) is 1. The van der Waals surface area contributed by atoms with Gasteiger partial charge in [-0.25, -0.2) is 17.1 Å². The Labute approximate surface area is 101 Å². The highest BCUT2D eigenvalue weighted by atomic mass is 32.2. The van der Waals surface area contributed by atoms with Crippen LogP contribution < -0.4 is 5.73 Å². The van der Waals surface area contributed by atoms with E-state index >= 15 is 0 Å². The zero-order valence-electron chi connectivity index (χ0n) is 10.1. The molecule has 1 aromatic carbocycles. The van der Waals surface area contributed by atoms with Gasteiger partial charge in [0.1, 0.15) is 10.7 Å². The van der Waals surface area contributed by atoms with Crippen molar-refractivity contribution in [3.8, 4) is 0 Å². The van der Waals surface area contributed by atoms with Crippen molar-refractivity contribution in [3.05, 3.63) is 24.0 Å². The molecule has 0 atom stereocenters. The Morgan fingerprint density at radius 3 is 2.47 bits per heavy atom. The van der Waals surface area contributed by atoms with E-state index in [0.29, 0.717) is 6.54 Å². The van der Waals surface area contributed by atoms with Gasteiger partial charge in [-0.3, -0.25) is 0 Å². The lowest BCUT2D eigenvalue weighted by atomic mass is 10.2. The lowest BCUT2D eigenvalue weighted by Gasteiger charge is -2.20. The van der Waals surface area contributed by atoms with Crippen LogP contribution in [0.3, 0.4) is 0 Å². The Morgan fingerprint density at radius 2 is 2.00 bits per heavy atom. The van der Waals surface area contributed by atoms with Crippen molar-refractivity contribution in [2.24, 2.45) is 5.92 Å². The van der Waals surface area contributed by atoms with E-state index in [0.717, 1.165) is 12.1 Å². The quantitative estimate of drug-likeness (QED) is 0.838. The van der Waals surface area contributed by atoms with Gasteiger partial charge in [-0.2, -0.15) is 0 Å². The van der Waals surface area contributed by atoms with Crippen molar-refractivity contribution in [1.29, 1.82) is 0 Å². The lowest BCUT2D eigenvalue weighted by molar-refractivity contribution is 0.417. The molecule has 2 N–H and O–H groups in total. The number of hydrogen-bond donors (Lipinski definition) is 1. The number of halogens is 1. The van der Waals surface area contributed by atoms with Gasteiger partial charge in [0.25, 0.3) is 0 Å². The van der Waals surface area contributed by atoms with E-state index in [-0.39, 0.29) is 16.5 Å². The first-order valence-corrected chi connectivity index (χ1v) is 6.70. The fourth-order valence-corrected chi connectivity index (χ4v) is 2.96. The molecule has 4 nitrogen and oxygen atoms in total. The predicted octanol–water partition coefficient (Wildman–Crippen LogP) is 1.68. The topological polar surface area (TPSA) is 63.4 Å². The molecule has 0 aliphatic heterocycles. The van der Waals surface area contributed by atoms with Gasteiger partial charge < -0.3 is 5.73 Å². The van der Waals surface area contributed by atoms with E-state index in [1.165, 1.54) is 17.4 Å². The molecule has 0 saturated carbocycles. The summed E-state index contributed by atoms with van der Waals surface area (Å²) in [5, 5.41) is 0. The number of hydrogen-bond acceptors (Lipinski definition) is 3. The van der Waals surface area contributed by atoms with E-state index in [4.69, 9.17) is 5.73 Å². The molecule has 0 aliphatic carbocycles. The van der Waals surface area contributed by atoms with Crippen molar-refractivity contribution >= 4 is 15.7 Å². The van der Waals surface area contributed by atoms with Crippen molar-refractivity contribution < 1.29 is 12.8 Å². The van der Waals surface area contributed by atoms with E-state index < -0.39 is 15.8 Å². The average Bonchev–Trinajstić information content (AvgIpc) is 2.15. The van der Waals surface area contributed by atoms with Crippen LogP contribution in [0, 0.1) is 11.7 Å². The molecule has 6 heteroatoms. The van der Waals surface area contributed by atoms with Gasteiger partial charge in [-0.15, -0.1) is 0 Å². The van der Waals surface area contributed by atoms with Crippen LogP contribution in [0.5, 0.6) is 0 Å². The first kappa shape index (κ1) is 13.9. The summed E-state index contributed by atoms with van der Waals surface area (Å²) >= 11 is 0. The highest BCUT2D eigenvalue weighted by Gasteiger charge is 2.23. The molecule has 0 fully saturated rings. The monoisotopic (exact) mass is 260 g/mol. The smallest absolute Gasteiger partial charge is 0.244 e. The predicted molar refractivity (Wildman–Crippen MR) is 65.5 cm³/mol. The van der Waals surface area contributed by atoms with E-state index in [2.05, 4.69) is 0 Å². The highest BCUT2D eigenvalue weighted by molar-refractivity contribution is 7.89. The summed E-state index contributed by atoms with van der Waals surface area (Å²) in [5.41, 5.74) is 5.46. The van der Waals surface area contributed by atoms with Gasteiger partial charge in [-0.1, -0.05) is 13.8 Å². The summed E-state index contributed by atoms with van der Waals surface area (Å²) in [6, 6.07) is 3.29. The summed E-state index contributed by atoms with van der Waals surface area (Å²) < 4.78 is 38.3. The van der Waals surface area contributed by atoms with Gasteiger partial charge in [-0.05, 0) is 24.1 Å². The van der Waals surface area contributed by atoms with Crippen LogP contribution in [0.2, 0.25) is 0 Å². The van der Waals surface area contributed by atoms with Crippen LogP contribution in [0.4, 0.5) is 10.1 Å². The molecule has 0 aliphatic rings. The third-order valence-corrected chi connectivity index (χ3v) is 4.18. The summed E-state index contributed by atoms with van der Waals surface area (Å²) in [4.78, 5) is -0.0537. The maximum absolute atomic E-state index is 12.9. The van der Waals surface area contributed by atoms with Crippen molar-refractivity contribution in [1.82, 2.24) is 4.31 Å². The fourth-order valence-electron chi connectivity index (χ4n) is 1.53. The molecule has 0 unspecified atom stereocenters. The van der Waals surface area contributed by atoms with Crippen LogP contribution >= 0.6 is 0 Å². The lowest BCUT2D eigenvalue weighted by Crippen LogP contribution is -2.30. The van der Waals surface area contributed by atoms with Crippen molar-refractivity contribution in [2.75, 3.05) is 19.3 Å². The number of sulfonamides is 1. The molecule has 0 bridgehead atoms. The molecule has 1 rings (SSSR count). The molecule has 96 valence electrons. The first-order chi connectivity index (χ1) is 7.75. The van der Waals surface area contributed by atoms with Crippen LogP contribution in [-0.4, -0.2) is 26.3 Å². The zero-order valence-corrected chi connectivity index (χ0v) is 11.0. The number of nitrogens with two attached hydrogens (primary N) is 1. The van der Waals surface area contributed by atoms with E-state index in [1.54, 1.807) is 0 Å². The molecule has 0 amide bonds. The number of anilines is 1. The highest BCUT2D eigenvalue weighted by Crippen LogP contribution is 2.22.